The minimum Gasteiger partial charge on any atom is -0.418 e. The van der Waals surface area contributed by atoms with Crippen molar-refractivity contribution in [3.05, 3.63) is 35.1 Å². The van der Waals surface area contributed by atoms with Gasteiger partial charge in [-0.2, -0.15) is 4.39 Å². The van der Waals surface area contributed by atoms with Crippen LogP contribution in [0.3, 0.4) is 0 Å². The molecule has 0 saturated heterocycles. The van der Waals surface area contributed by atoms with E-state index in [0.29, 0.717) is 0 Å². The Kier molecular flexibility index (Phi) is 4.56. The minimum absolute atomic E-state index is 0.0301. The molecule has 0 atom stereocenters. The fourth-order valence-corrected chi connectivity index (χ4v) is 0.533. The lowest BCUT2D eigenvalue weighted by Gasteiger charge is -1.94. The van der Waals surface area contributed by atoms with E-state index in [1.54, 1.807) is 6.07 Å². The maximum Gasteiger partial charge on any atom is 0.673 e. The Bertz CT molecular complexity index is 326. The Balaban J connectivity index is 0.000000292. The molecule has 1 rings (SSSR count). The van der Waals surface area contributed by atoms with Crippen LogP contribution in [-0.4, -0.2) is 7.25 Å². The van der Waals surface area contributed by atoms with E-state index in [-0.39, 0.29) is 5.69 Å². The summed E-state index contributed by atoms with van der Waals surface area (Å²) in [4.78, 5) is 2.70. The highest BCUT2D eigenvalue weighted by Crippen LogP contribution is 2.14. The SMILES string of the molecule is F[B-](F)(F)F.N#[N+]c1ccccc1F. The standard InChI is InChI=1S/C6H4FN2.BF4/c7-5-3-1-2-4-6(5)9-8;2-1(3,4)5/h1-4H;/q+1;-1. The highest BCUT2D eigenvalue weighted by molar-refractivity contribution is 6.50. The van der Waals surface area contributed by atoms with Crippen molar-refractivity contribution >= 4 is 12.9 Å². The zero-order valence-corrected chi connectivity index (χ0v) is 6.67. The zero-order valence-electron chi connectivity index (χ0n) is 6.67. The quantitative estimate of drug-likeness (QED) is 0.365. The van der Waals surface area contributed by atoms with Gasteiger partial charge < -0.3 is 17.3 Å². The van der Waals surface area contributed by atoms with Crippen molar-refractivity contribution in [2.45, 2.75) is 0 Å². The summed E-state index contributed by atoms with van der Waals surface area (Å²) in [7, 11) is -6.00. The second-order valence-corrected chi connectivity index (χ2v) is 2.05. The van der Waals surface area contributed by atoms with Gasteiger partial charge in [0.2, 0.25) is 11.2 Å². The third-order valence-corrected chi connectivity index (χ3v) is 0.960. The van der Waals surface area contributed by atoms with Gasteiger partial charge in [-0.1, -0.05) is 12.1 Å². The summed E-state index contributed by atoms with van der Waals surface area (Å²) in [6, 6.07) is 5.74. The molecule has 0 amide bonds. The molecule has 0 unspecified atom stereocenters. The van der Waals surface area contributed by atoms with Crippen LogP contribution in [0, 0.1) is 11.2 Å². The number of nitrogens with zero attached hydrogens (tertiary/aromatic N) is 2. The molecular formula is C6H4BF5N2. The summed E-state index contributed by atoms with van der Waals surface area (Å²) >= 11 is 0. The first-order chi connectivity index (χ1) is 6.34. The lowest BCUT2D eigenvalue weighted by Crippen LogP contribution is -2.02. The molecule has 0 saturated carbocycles. The molecule has 2 nitrogen and oxygen atoms in total. The van der Waals surface area contributed by atoms with E-state index in [4.69, 9.17) is 5.39 Å². The lowest BCUT2D eigenvalue weighted by molar-refractivity contribution is 0.368. The van der Waals surface area contributed by atoms with Crippen molar-refractivity contribution in [1.29, 1.82) is 5.39 Å². The van der Waals surface area contributed by atoms with E-state index in [2.05, 4.69) is 4.98 Å². The first-order valence-corrected chi connectivity index (χ1v) is 3.31. The molecule has 0 aliphatic rings. The fourth-order valence-electron chi connectivity index (χ4n) is 0.533. The summed E-state index contributed by atoms with van der Waals surface area (Å²) in [6.45, 7) is 0. The topological polar surface area (TPSA) is 28.1 Å². The van der Waals surface area contributed by atoms with Gasteiger partial charge in [-0.15, -0.1) is 0 Å². The van der Waals surface area contributed by atoms with Crippen LogP contribution in [0.25, 0.3) is 4.98 Å². The Labute approximate surface area is 76.1 Å². The highest BCUT2D eigenvalue weighted by Gasteiger charge is 2.20. The van der Waals surface area contributed by atoms with E-state index in [1.165, 1.54) is 18.2 Å². The fraction of sp³-hybridized carbons (Fsp3) is 0. The van der Waals surface area contributed by atoms with Gasteiger partial charge in [0.05, 0.1) is 0 Å². The Morgan fingerprint density at radius 1 is 1.07 bits per heavy atom. The Morgan fingerprint density at radius 3 is 1.79 bits per heavy atom. The number of benzene rings is 1. The van der Waals surface area contributed by atoms with E-state index < -0.39 is 13.1 Å². The van der Waals surface area contributed by atoms with Gasteiger partial charge in [-0.3, -0.25) is 0 Å². The van der Waals surface area contributed by atoms with Crippen LogP contribution in [0.2, 0.25) is 0 Å². The van der Waals surface area contributed by atoms with Crippen LogP contribution in [0.4, 0.5) is 27.3 Å². The molecule has 1 aromatic carbocycles. The largest absolute Gasteiger partial charge is 0.673 e. The van der Waals surface area contributed by atoms with Crippen LogP contribution < -0.4 is 0 Å². The van der Waals surface area contributed by atoms with Gasteiger partial charge in [-0.25, -0.2) is 0 Å². The molecule has 8 heteroatoms. The Hall–Kier alpha value is -1.65. The van der Waals surface area contributed by atoms with Crippen molar-refractivity contribution in [3.8, 4) is 0 Å². The summed E-state index contributed by atoms with van der Waals surface area (Å²) in [5, 5.41) is 8.10. The van der Waals surface area contributed by atoms with Crippen molar-refractivity contribution in [1.82, 2.24) is 0 Å². The van der Waals surface area contributed by atoms with Crippen LogP contribution in [0.1, 0.15) is 0 Å². The molecule has 0 fully saturated rings. The van der Waals surface area contributed by atoms with E-state index in [1.807, 2.05) is 0 Å². The van der Waals surface area contributed by atoms with Crippen molar-refractivity contribution < 1.29 is 21.7 Å². The minimum atomic E-state index is -6.00. The van der Waals surface area contributed by atoms with Crippen LogP contribution in [-0.2, 0) is 0 Å². The molecule has 0 aromatic heterocycles. The van der Waals surface area contributed by atoms with E-state index in [0.717, 1.165) is 0 Å². The first kappa shape index (κ1) is 12.4. The molecule has 0 aliphatic carbocycles. The van der Waals surface area contributed by atoms with Gasteiger partial charge in [0.15, 0.2) is 4.98 Å². The van der Waals surface area contributed by atoms with E-state index >= 15 is 0 Å². The number of rotatable bonds is 0. The number of diazo groups is 1. The zero-order chi connectivity index (χ0) is 11.2. The maximum atomic E-state index is 12.3. The average Bonchev–Trinajstić information content (AvgIpc) is 2.02. The molecule has 0 aliphatic heterocycles. The monoisotopic (exact) mass is 210 g/mol. The van der Waals surface area contributed by atoms with Gasteiger partial charge in [0.25, 0.3) is 0 Å². The second kappa shape index (κ2) is 5.16. The third kappa shape index (κ3) is 7.03. The predicted molar refractivity (Wildman–Crippen MR) is 41.3 cm³/mol. The van der Waals surface area contributed by atoms with Crippen molar-refractivity contribution in [2.24, 2.45) is 0 Å². The van der Waals surface area contributed by atoms with Crippen LogP contribution in [0.15, 0.2) is 24.3 Å². The van der Waals surface area contributed by atoms with E-state index in [9.17, 15) is 21.7 Å². The number of halogens is 5. The highest BCUT2D eigenvalue weighted by atomic mass is 19.5. The summed E-state index contributed by atoms with van der Waals surface area (Å²) in [5.74, 6) is -0.514. The first-order valence-electron chi connectivity index (χ1n) is 3.31. The van der Waals surface area contributed by atoms with Crippen molar-refractivity contribution in [3.63, 3.8) is 0 Å². The third-order valence-electron chi connectivity index (χ3n) is 0.960. The van der Waals surface area contributed by atoms with Crippen LogP contribution >= 0.6 is 0 Å². The Morgan fingerprint density at radius 2 is 1.50 bits per heavy atom. The normalized spacial score (nSPS) is 9.71. The smallest absolute Gasteiger partial charge is 0.418 e. The molecule has 0 radical (unpaired) electrons. The molecule has 14 heavy (non-hydrogen) atoms. The lowest BCUT2D eigenvalue weighted by atomic mass is 10.3. The van der Waals surface area contributed by atoms with Gasteiger partial charge >= 0.3 is 12.9 Å². The van der Waals surface area contributed by atoms with Crippen molar-refractivity contribution in [2.75, 3.05) is 0 Å². The summed E-state index contributed by atoms with van der Waals surface area (Å²) in [5.41, 5.74) is -0.0301. The summed E-state index contributed by atoms with van der Waals surface area (Å²) in [6.07, 6.45) is 0. The molecule has 0 spiro atoms. The molecule has 0 N–H and O–H groups in total. The average molecular weight is 210 g/mol. The summed E-state index contributed by atoms with van der Waals surface area (Å²) < 4.78 is 51.3. The predicted octanol–water partition coefficient (Wildman–Crippen LogP) is 3.61. The number of hydrogen-bond donors (Lipinski definition) is 0. The second-order valence-electron chi connectivity index (χ2n) is 2.05. The van der Waals surface area contributed by atoms with Crippen LogP contribution in [0.5, 0.6) is 0 Å². The molecule has 0 bridgehead atoms. The van der Waals surface area contributed by atoms with Gasteiger partial charge in [0, 0.05) is 6.07 Å². The number of hydrogen-bond acceptors (Lipinski definition) is 1. The molecule has 76 valence electrons. The van der Waals surface area contributed by atoms with Gasteiger partial charge in [0.1, 0.15) is 0 Å². The molecule has 0 heterocycles. The molecular weight excluding hydrogens is 206 g/mol. The molecule has 1 aromatic rings. The maximum absolute atomic E-state index is 12.3. The van der Waals surface area contributed by atoms with Gasteiger partial charge in [-0.05, 0) is 6.07 Å².